The van der Waals surface area contributed by atoms with Crippen LogP contribution in [-0.4, -0.2) is 5.78 Å². The smallest absolute Gasteiger partial charge is 0.159 e. The number of rotatable bonds is 2. The van der Waals surface area contributed by atoms with Crippen molar-refractivity contribution in [1.82, 2.24) is 0 Å². The molecule has 0 saturated carbocycles. The molecule has 94 valence electrons. The lowest BCUT2D eigenvalue weighted by molar-refractivity contribution is 0.101. The van der Waals surface area contributed by atoms with Crippen LogP contribution in [0.3, 0.4) is 0 Å². The van der Waals surface area contributed by atoms with E-state index >= 15 is 0 Å². The summed E-state index contributed by atoms with van der Waals surface area (Å²) in [7, 11) is 0. The van der Waals surface area contributed by atoms with Crippen molar-refractivity contribution in [2.45, 2.75) is 11.8 Å². The second kappa shape index (κ2) is 5.25. The van der Waals surface area contributed by atoms with E-state index in [-0.39, 0.29) is 16.2 Å². The summed E-state index contributed by atoms with van der Waals surface area (Å²) in [6.45, 7) is 1.40. The van der Waals surface area contributed by atoms with Crippen LogP contribution in [-0.2, 0) is 0 Å². The Balaban J connectivity index is 2.75. The van der Waals surface area contributed by atoms with Gasteiger partial charge >= 0.3 is 0 Å². The summed E-state index contributed by atoms with van der Waals surface area (Å²) in [5.74, 6) is -0.706. The fourth-order valence-electron chi connectivity index (χ4n) is 1.82. The van der Waals surface area contributed by atoms with E-state index in [1.54, 1.807) is 24.3 Å². The maximum atomic E-state index is 14.2. The molecule has 2 aromatic carbocycles. The Morgan fingerprint density at radius 3 is 2.58 bits per heavy atom. The van der Waals surface area contributed by atoms with Gasteiger partial charge in [-0.3, -0.25) is 4.79 Å². The highest BCUT2D eigenvalue weighted by Crippen LogP contribution is 2.30. The van der Waals surface area contributed by atoms with Gasteiger partial charge in [-0.1, -0.05) is 18.2 Å². The number of benzene rings is 2. The topological polar surface area (TPSA) is 40.9 Å². The second-order valence-electron chi connectivity index (χ2n) is 4.07. The molecule has 0 aliphatic carbocycles. The molecule has 0 atom stereocenters. The van der Waals surface area contributed by atoms with Gasteiger partial charge in [0, 0.05) is 21.6 Å². The lowest BCUT2D eigenvalue weighted by Crippen LogP contribution is -1.97. The number of nitrogens with zero attached hydrogens (tertiary/aromatic N) is 1. The van der Waals surface area contributed by atoms with Crippen molar-refractivity contribution in [1.29, 1.82) is 5.26 Å². The number of thiol groups is 1. The van der Waals surface area contributed by atoms with Gasteiger partial charge < -0.3 is 0 Å². The Bertz CT molecular complexity index is 704. The highest BCUT2D eigenvalue weighted by molar-refractivity contribution is 7.80. The maximum Gasteiger partial charge on any atom is 0.159 e. The summed E-state index contributed by atoms with van der Waals surface area (Å²) in [6, 6.07) is 11.5. The maximum absolute atomic E-state index is 14.2. The number of hydrogen-bond acceptors (Lipinski definition) is 3. The minimum atomic E-state index is -0.531. The molecule has 0 heterocycles. The predicted octanol–water partition coefficient (Wildman–Crippen LogP) is 3.86. The summed E-state index contributed by atoms with van der Waals surface area (Å²) in [4.78, 5) is 11.5. The number of hydrogen-bond donors (Lipinski definition) is 1. The Morgan fingerprint density at radius 2 is 1.95 bits per heavy atom. The van der Waals surface area contributed by atoms with E-state index < -0.39 is 5.82 Å². The molecule has 2 rings (SSSR count). The summed E-state index contributed by atoms with van der Waals surface area (Å²) < 4.78 is 14.2. The molecule has 0 aliphatic heterocycles. The molecule has 0 aromatic heterocycles. The first-order valence-electron chi connectivity index (χ1n) is 5.57. The third kappa shape index (κ3) is 2.51. The first kappa shape index (κ1) is 13.3. The summed E-state index contributed by atoms with van der Waals surface area (Å²) >= 11 is 4.04. The van der Waals surface area contributed by atoms with E-state index in [0.717, 1.165) is 0 Å². The van der Waals surface area contributed by atoms with Crippen molar-refractivity contribution in [2.75, 3.05) is 0 Å². The lowest BCUT2D eigenvalue weighted by Gasteiger charge is -2.09. The molecule has 0 radical (unpaired) electrons. The Labute approximate surface area is 115 Å². The molecule has 0 spiro atoms. The molecular formula is C15H10FNOS. The van der Waals surface area contributed by atoms with Gasteiger partial charge in [0.2, 0.25) is 0 Å². The third-order valence-electron chi connectivity index (χ3n) is 2.80. The average molecular weight is 271 g/mol. The van der Waals surface area contributed by atoms with Crippen LogP contribution < -0.4 is 0 Å². The van der Waals surface area contributed by atoms with Crippen LogP contribution in [0.25, 0.3) is 11.1 Å². The minimum Gasteiger partial charge on any atom is -0.295 e. The van der Waals surface area contributed by atoms with Gasteiger partial charge in [0.05, 0.1) is 11.6 Å². The van der Waals surface area contributed by atoms with Crippen LogP contribution in [0.2, 0.25) is 0 Å². The van der Waals surface area contributed by atoms with E-state index in [4.69, 9.17) is 5.26 Å². The number of carbonyl (C=O) groups excluding carboxylic acids is 1. The quantitative estimate of drug-likeness (QED) is 0.665. The predicted molar refractivity (Wildman–Crippen MR) is 73.8 cm³/mol. The van der Waals surface area contributed by atoms with Crippen LogP contribution in [0, 0.1) is 17.1 Å². The van der Waals surface area contributed by atoms with Gasteiger partial charge in [0.15, 0.2) is 5.78 Å². The molecule has 2 nitrogen and oxygen atoms in total. The monoisotopic (exact) mass is 271 g/mol. The molecule has 0 N–H and O–H groups in total. The van der Waals surface area contributed by atoms with Crippen LogP contribution >= 0.6 is 12.6 Å². The number of halogens is 1. The highest BCUT2D eigenvalue weighted by atomic mass is 32.1. The fraction of sp³-hybridized carbons (Fsp3) is 0.0667. The number of ketones is 1. The number of carbonyl (C=O) groups is 1. The van der Waals surface area contributed by atoms with Crippen molar-refractivity contribution >= 4 is 18.4 Å². The van der Waals surface area contributed by atoms with Crippen LogP contribution in [0.5, 0.6) is 0 Å². The lowest BCUT2D eigenvalue weighted by atomic mass is 9.97. The highest BCUT2D eigenvalue weighted by Gasteiger charge is 2.15. The molecule has 0 unspecified atom stereocenters. The first-order chi connectivity index (χ1) is 9.04. The van der Waals surface area contributed by atoms with Crippen LogP contribution in [0.15, 0.2) is 41.3 Å². The van der Waals surface area contributed by atoms with E-state index in [2.05, 4.69) is 12.6 Å². The van der Waals surface area contributed by atoms with E-state index in [1.165, 1.54) is 19.1 Å². The van der Waals surface area contributed by atoms with E-state index in [0.29, 0.717) is 16.7 Å². The van der Waals surface area contributed by atoms with Crippen molar-refractivity contribution < 1.29 is 9.18 Å². The normalized spacial score (nSPS) is 10.0. The molecule has 0 aliphatic rings. The van der Waals surface area contributed by atoms with Crippen molar-refractivity contribution in [3.05, 3.63) is 53.3 Å². The Kier molecular flexibility index (Phi) is 3.68. The molecule has 2 aromatic rings. The van der Waals surface area contributed by atoms with Crippen LogP contribution in [0.1, 0.15) is 22.8 Å². The van der Waals surface area contributed by atoms with Gasteiger partial charge in [0.25, 0.3) is 0 Å². The Morgan fingerprint density at radius 1 is 1.26 bits per heavy atom. The Hall–Kier alpha value is -2.12. The molecule has 0 amide bonds. The van der Waals surface area contributed by atoms with Crippen molar-refractivity contribution in [3.8, 4) is 17.2 Å². The first-order valence-corrected chi connectivity index (χ1v) is 6.02. The summed E-state index contributed by atoms with van der Waals surface area (Å²) in [5.41, 5.74) is 1.40. The van der Waals surface area contributed by atoms with Gasteiger partial charge in [-0.05, 0) is 25.1 Å². The summed E-state index contributed by atoms with van der Waals surface area (Å²) in [5, 5.41) is 9.06. The number of Topliss-reactive ketones (excluding diaryl/α,β-unsaturated/α-hetero) is 1. The fourth-order valence-corrected chi connectivity index (χ4v) is 2.08. The average Bonchev–Trinajstić information content (AvgIpc) is 2.41. The van der Waals surface area contributed by atoms with Gasteiger partial charge in [0.1, 0.15) is 5.82 Å². The minimum absolute atomic E-state index is 0.0930. The zero-order valence-corrected chi connectivity index (χ0v) is 11.0. The second-order valence-corrected chi connectivity index (χ2v) is 4.55. The standard InChI is InChI=1S/C15H10FNOS/c1-9(18)11-6-13(15(16)14(19)7-11)12-5-3-2-4-10(12)8-17/h2-7,19H,1H3. The zero-order valence-electron chi connectivity index (χ0n) is 10.1. The van der Waals surface area contributed by atoms with Crippen LogP contribution in [0.4, 0.5) is 4.39 Å². The van der Waals surface area contributed by atoms with Gasteiger partial charge in [-0.25, -0.2) is 4.39 Å². The molecule has 0 fully saturated rings. The molecule has 0 saturated heterocycles. The zero-order chi connectivity index (χ0) is 14.0. The van der Waals surface area contributed by atoms with E-state index in [9.17, 15) is 9.18 Å². The molecule has 0 bridgehead atoms. The van der Waals surface area contributed by atoms with E-state index in [1.807, 2.05) is 6.07 Å². The van der Waals surface area contributed by atoms with Crippen molar-refractivity contribution in [3.63, 3.8) is 0 Å². The van der Waals surface area contributed by atoms with Gasteiger partial charge in [-0.15, -0.1) is 12.6 Å². The molecule has 4 heteroatoms. The third-order valence-corrected chi connectivity index (χ3v) is 3.12. The van der Waals surface area contributed by atoms with Gasteiger partial charge in [-0.2, -0.15) is 5.26 Å². The largest absolute Gasteiger partial charge is 0.295 e. The SMILES string of the molecule is CC(=O)c1cc(S)c(F)c(-c2ccccc2C#N)c1. The summed E-state index contributed by atoms with van der Waals surface area (Å²) in [6.07, 6.45) is 0. The number of nitriles is 1. The molecule has 19 heavy (non-hydrogen) atoms. The molecular weight excluding hydrogens is 261 g/mol. The van der Waals surface area contributed by atoms with Crippen molar-refractivity contribution in [2.24, 2.45) is 0 Å².